The van der Waals surface area contributed by atoms with Gasteiger partial charge in [-0.3, -0.25) is 4.68 Å². The standard InChI is InChI=1S/C6H11N3/c1-3-4-9-5-7-6(2)8-9/h5H,3-4H2,1-2H3. The van der Waals surface area contributed by atoms with Crippen LogP contribution < -0.4 is 0 Å². The highest BCUT2D eigenvalue weighted by Gasteiger charge is 1.90. The maximum atomic E-state index is 4.11. The lowest BCUT2D eigenvalue weighted by Gasteiger charge is -1.91. The summed E-state index contributed by atoms with van der Waals surface area (Å²) in [6.45, 7) is 4.99. The summed E-state index contributed by atoms with van der Waals surface area (Å²) in [7, 11) is 0. The van der Waals surface area contributed by atoms with Crippen molar-refractivity contribution >= 4 is 0 Å². The highest BCUT2D eigenvalue weighted by atomic mass is 15.3. The van der Waals surface area contributed by atoms with E-state index in [0.29, 0.717) is 0 Å². The van der Waals surface area contributed by atoms with Crippen molar-refractivity contribution in [2.75, 3.05) is 0 Å². The van der Waals surface area contributed by atoms with Crippen molar-refractivity contribution in [3.8, 4) is 0 Å². The molecule has 0 unspecified atom stereocenters. The summed E-state index contributed by atoms with van der Waals surface area (Å²) in [6.07, 6.45) is 2.88. The van der Waals surface area contributed by atoms with Gasteiger partial charge in [-0.2, -0.15) is 5.10 Å². The average molecular weight is 125 g/mol. The van der Waals surface area contributed by atoms with Gasteiger partial charge in [-0.1, -0.05) is 6.92 Å². The molecule has 0 spiro atoms. The van der Waals surface area contributed by atoms with Gasteiger partial charge in [-0.05, 0) is 13.3 Å². The summed E-state index contributed by atoms with van der Waals surface area (Å²) < 4.78 is 1.86. The zero-order valence-electron chi connectivity index (χ0n) is 5.83. The Balaban J connectivity index is 2.61. The van der Waals surface area contributed by atoms with E-state index in [4.69, 9.17) is 0 Å². The predicted octanol–water partition coefficient (Wildman–Crippen LogP) is 0.997. The molecule has 1 aromatic heterocycles. The Morgan fingerprint density at radius 3 is 2.89 bits per heavy atom. The van der Waals surface area contributed by atoms with Crippen LogP contribution in [0, 0.1) is 6.92 Å². The molecule has 1 heterocycles. The summed E-state index contributed by atoms with van der Waals surface area (Å²) in [5.74, 6) is 0.850. The van der Waals surface area contributed by atoms with Gasteiger partial charge in [-0.15, -0.1) is 0 Å². The summed E-state index contributed by atoms with van der Waals surface area (Å²) in [4.78, 5) is 3.99. The van der Waals surface area contributed by atoms with Crippen LogP contribution in [0.1, 0.15) is 19.2 Å². The molecule has 0 fully saturated rings. The van der Waals surface area contributed by atoms with Crippen molar-refractivity contribution < 1.29 is 0 Å². The van der Waals surface area contributed by atoms with Crippen LogP contribution in [0.4, 0.5) is 0 Å². The van der Waals surface area contributed by atoms with Gasteiger partial charge in [0.2, 0.25) is 0 Å². The first-order chi connectivity index (χ1) is 4.33. The van der Waals surface area contributed by atoms with Crippen molar-refractivity contribution in [3.63, 3.8) is 0 Å². The van der Waals surface area contributed by atoms with Crippen molar-refractivity contribution in [1.82, 2.24) is 14.8 Å². The zero-order chi connectivity index (χ0) is 6.69. The van der Waals surface area contributed by atoms with Gasteiger partial charge in [0.15, 0.2) is 0 Å². The van der Waals surface area contributed by atoms with Crippen molar-refractivity contribution in [2.24, 2.45) is 0 Å². The van der Waals surface area contributed by atoms with Gasteiger partial charge in [0, 0.05) is 6.54 Å². The van der Waals surface area contributed by atoms with E-state index in [9.17, 15) is 0 Å². The number of rotatable bonds is 2. The van der Waals surface area contributed by atoms with Crippen LogP contribution in [-0.2, 0) is 6.54 Å². The maximum absolute atomic E-state index is 4.11. The molecule has 0 aliphatic carbocycles. The lowest BCUT2D eigenvalue weighted by atomic mass is 10.5. The molecular formula is C6H11N3. The molecule has 0 aromatic carbocycles. The molecule has 1 aromatic rings. The Hall–Kier alpha value is -0.860. The fourth-order valence-corrected chi connectivity index (χ4v) is 0.725. The molecule has 0 amide bonds. The molecular weight excluding hydrogens is 114 g/mol. The molecule has 0 N–H and O–H groups in total. The molecule has 0 bridgehead atoms. The molecule has 9 heavy (non-hydrogen) atoms. The minimum atomic E-state index is 0.850. The zero-order valence-corrected chi connectivity index (χ0v) is 5.83. The molecule has 0 radical (unpaired) electrons. The monoisotopic (exact) mass is 125 g/mol. The Kier molecular flexibility index (Phi) is 1.82. The summed E-state index contributed by atoms with van der Waals surface area (Å²) >= 11 is 0. The first kappa shape index (κ1) is 6.26. The van der Waals surface area contributed by atoms with Crippen molar-refractivity contribution in [3.05, 3.63) is 12.2 Å². The van der Waals surface area contributed by atoms with E-state index in [1.807, 2.05) is 11.6 Å². The number of hydrogen-bond acceptors (Lipinski definition) is 2. The van der Waals surface area contributed by atoms with Crippen LogP contribution in [-0.4, -0.2) is 14.8 Å². The van der Waals surface area contributed by atoms with E-state index in [-0.39, 0.29) is 0 Å². The van der Waals surface area contributed by atoms with E-state index in [1.165, 1.54) is 0 Å². The van der Waals surface area contributed by atoms with Gasteiger partial charge >= 0.3 is 0 Å². The fourth-order valence-electron chi connectivity index (χ4n) is 0.725. The largest absolute Gasteiger partial charge is 0.253 e. The molecule has 1 rings (SSSR count). The van der Waals surface area contributed by atoms with Gasteiger partial charge in [-0.25, -0.2) is 4.98 Å². The number of aromatic nitrogens is 3. The van der Waals surface area contributed by atoms with E-state index < -0.39 is 0 Å². The molecule has 50 valence electrons. The lowest BCUT2D eigenvalue weighted by Crippen LogP contribution is -1.96. The van der Waals surface area contributed by atoms with Gasteiger partial charge in [0.25, 0.3) is 0 Å². The first-order valence-electron chi connectivity index (χ1n) is 3.19. The highest BCUT2D eigenvalue weighted by molar-refractivity contribution is 4.74. The molecule has 0 aliphatic heterocycles. The normalized spacial score (nSPS) is 10.0. The van der Waals surface area contributed by atoms with Crippen LogP contribution in [0.2, 0.25) is 0 Å². The Morgan fingerprint density at radius 1 is 1.67 bits per heavy atom. The molecule has 0 aliphatic rings. The Labute approximate surface area is 54.7 Å². The van der Waals surface area contributed by atoms with Crippen molar-refractivity contribution in [1.29, 1.82) is 0 Å². The van der Waals surface area contributed by atoms with Crippen LogP contribution in [0.15, 0.2) is 6.33 Å². The third kappa shape index (κ3) is 1.52. The van der Waals surface area contributed by atoms with Gasteiger partial charge < -0.3 is 0 Å². The third-order valence-electron chi connectivity index (χ3n) is 1.10. The van der Waals surface area contributed by atoms with Crippen LogP contribution in [0.25, 0.3) is 0 Å². The van der Waals surface area contributed by atoms with E-state index in [1.54, 1.807) is 6.33 Å². The van der Waals surface area contributed by atoms with Crippen LogP contribution in [0.5, 0.6) is 0 Å². The predicted molar refractivity (Wildman–Crippen MR) is 35.0 cm³/mol. The third-order valence-corrected chi connectivity index (χ3v) is 1.10. The van der Waals surface area contributed by atoms with Crippen LogP contribution in [0.3, 0.4) is 0 Å². The second kappa shape index (κ2) is 2.62. The van der Waals surface area contributed by atoms with E-state index in [2.05, 4.69) is 17.0 Å². The molecule has 3 heteroatoms. The Bertz CT molecular complexity index is 180. The highest BCUT2D eigenvalue weighted by Crippen LogP contribution is 1.87. The summed E-state index contributed by atoms with van der Waals surface area (Å²) in [5.41, 5.74) is 0. The van der Waals surface area contributed by atoms with E-state index in [0.717, 1.165) is 18.8 Å². The SMILES string of the molecule is CCCn1cnc(C)n1. The molecule has 0 atom stereocenters. The minimum absolute atomic E-state index is 0.850. The average Bonchev–Trinajstić information content (AvgIpc) is 2.17. The van der Waals surface area contributed by atoms with Crippen LogP contribution >= 0.6 is 0 Å². The van der Waals surface area contributed by atoms with Crippen molar-refractivity contribution in [2.45, 2.75) is 26.8 Å². The quantitative estimate of drug-likeness (QED) is 0.590. The number of aryl methyl sites for hydroxylation is 2. The summed E-state index contributed by atoms with van der Waals surface area (Å²) in [6, 6.07) is 0. The Morgan fingerprint density at radius 2 is 2.44 bits per heavy atom. The molecule has 0 saturated carbocycles. The summed E-state index contributed by atoms with van der Waals surface area (Å²) in [5, 5.41) is 4.11. The van der Waals surface area contributed by atoms with E-state index >= 15 is 0 Å². The first-order valence-corrected chi connectivity index (χ1v) is 3.19. The lowest BCUT2D eigenvalue weighted by molar-refractivity contribution is 0.597. The topological polar surface area (TPSA) is 30.7 Å². The minimum Gasteiger partial charge on any atom is -0.253 e. The second-order valence-corrected chi connectivity index (χ2v) is 2.05. The number of nitrogens with zero attached hydrogens (tertiary/aromatic N) is 3. The fraction of sp³-hybridized carbons (Fsp3) is 0.667. The van der Waals surface area contributed by atoms with Gasteiger partial charge in [0.05, 0.1) is 0 Å². The molecule has 0 saturated heterocycles. The second-order valence-electron chi connectivity index (χ2n) is 2.05. The van der Waals surface area contributed by atoms with Gasteiger partial charge in [0.1, 0.15) is 12.2 Å². The molecule has 3 nitrogen and oxygen atoms in total. The smallest absolute Gasteiger partial charge is 0.147 e. The number of hydrogen-bond donors (Lipinski definition) is 0. The maximum Gasteiger partial charge on any atom is 0.147 e.